The summed E-state index contributed by atoms with van der Waals surface area (Å²) < 4.78 is 0. The number of hydrogen-bond acceptors (Lipinski definition) is 3. The molecule has 0 aromatic heterocycles. The molecular formula is C17H20ClN3O. The summed E-state index contributed by atoms with van der Waals surface area (Å²) in [6.07, 6.45) is 4.82. The number of carbonyl (C=O) groups is 1. The molecule has 4 nitrogen and oxygen atoms in total. The van der Waals surface area contributed by atoms with E-state index in [1.54, 1.807) is 0 Å². The number of hydrogen-bond donors (Lipinski definition) is 3. The van der Waals surface area contributed by atoms with Crippen LogP contribution in [0.25, 0.3) is 0 Å². The Balaban J connectivity index is 1.74. The molecule has 4 rings (SSSR count). The molecule has 1 aliphatic carbocycles. The second kappa shape index (κ2) is 5.60. The number of amides is 1. The Bertz CT molecular complexity index is 625. The van der Waals surface area contributed by atoms with Crippen molar-refractivity contribution in [3.63, 3.8) is 0 Å². The molecule has 5 heteroatoms. The first-order valence-electron chi connectivity index (χ1n) is 8.01. The van der Waals surface area contributed by atoms with E-state index < -0.39 is 0 Å². The number of benzene rings is 1. The fraction of sp³-hybridized carbons (Fsp3) is 0.471. The highest BCUT2D eigenvalue weighted by molar-refractivity contribution is 6.30. The molecule has 1 amide bonds. The van der Waals surface area contributed by atoms with E-state index in [1.807, 2.05) is 24.3 Å². The van der Waals surface area contributed by atoms with Crippen molar-refractivity contribution in [1.29, 1.82) is 0 Å². The third-order valence-corrected chi connectivity index (χ3v) is 5.25. The molecule has 0 radical (unpaired) electrons. The Morgan fingerprint density at radius 3 is 2.55 bits per heavy atom. The third kappa shape index (κ3) is 2.40. The minimum Gasteiger partial charge on any atom is -0.382 e. The van der Waals surface area contributed by atoms with Gasteiger partial charge in [-0.15, -0.1) is 0 Å². The maximum absolute atomic E-state index is 12.3. The van der Waals surface area contributed by atoms with Crippen LogP contribution in [-0.4, -0.2) is 24.5 Å². The van der Waals surface area contributed by atoms with Gasteiger partial charge in [0, 0.05) is 22.8 Å². The number of rotatable bonds is 1. The summed E-state index contributed by atoms with van der Waals surface area (Å²) in [5, 5.41) is 11.0. The van der Waals surface area contributed by atoms with Crippen molar-refractivity contribution in [2.45, 2.75) is 43.8 Å². The minimum absolute atomic E-state index is 0.0357. The molecule has 0 unspecified atom stereocenters. The molecule has 3 atom stereocenters. The Hall–Kier alpha value is -1.52. The average Bonchev–Trinajstić information content (AvgIpc) is 2.79. The standard InChI is InChI=1S/C17H20ClN3O/c18-11-7-5-10(6-8-11)16-15-14(9-19-17(15)22)20-12-3-1-2-4-13(12)21-16/h5-8,12-13,16,20-21H,1-4,9H2,(H,19,22)/t12-,13-,16-/m1/s1. The summed E-state index contributed by atoms with van der Waals surface area (Å²) in [7, 11) is 0. The number of nitrogens with one attached hydrogen (secondary N) is 3. The van der Waals surface area contributed by atoms with Crippen molar-refractivity contribution in [2.75, 3.05) is 6.54 Å². The van der Waals surface area contributed by atoms with Crippen LogP contribution >= 0.6 is 11.6 Å². The quantitative estimate of drug-likeness (QED) is 0.745. The van der Waals surface area contributed by atoms with Gasteiger partial charge in [0.05, 0.1) is 18.2 Å². The summed E-state index contributed by atoms with van der Waals surface area (Å²) in [6, 6.07) is 8.58. The van der Waals surface area contributed by atoms with Crippen molar-refractivity contribution in [3.05, 3.63) is 46.1 Å². The third-order valence-electron chi connectivity index (χ3n) is 4.99. The predicted molar refractivity (Wildman–Crippen MR) is 86.5 cm³/mol. The van der Waals surface area contributed by atoms with Crippen LogP contribution in [0.1, 0.15) is 37.3 Å². The van der Waals surface area contributed by atoms with E-state index >= 15 is 0 Å². The Morgan fingerprint density at radius 2 is 1.77 bits per heavy atom. The van der Waals surface area contributed by atoms with Gasteiger partial charge in [-0.05, 0) is 30.5 Å². The van der Waals surface area contributed by atoms with Crippen LogP contribution in [0, 0.1) is 0 Å². The molecule has 1 aromatic rings. The lowest BCUT2D eigenvalue weighted by atomic mass is 9.89. The molecule has 3 N–H and O–H groups in total. The van der Waals surface area contributed by atoms with Crippen LogP contribution < -0.4 is 16.0 Å². The molecule has 0 bridgehead atoms. The van der Waals surface area contributed by atoms with E-state index in [0.717, 1.165) is 34.7 Å². The fourth-order valence-corrected chi connectivity index (χ4v) is 4.00. The van der Waals surface area contributed by atoms with Crippen molar-refractivity contribution in [2.24, 2.45) is 0 Å². The van der Waals surface area contributed by atoms with Gasteiger partial charge in [0.15, 0.2) is 0 Å². The maximum Gasteiger partial charge on any atom is 0.251 e. The highest BCUT2D eigenvalue weighted by atomic mass is 35.5. The lowest BCUT2D eigenvalue weighted by Gasteiger charge is -2.34. The first kappa shape index (κ1) is 14.1. The van der Waals surface area contributed by atoms with Crippen LogP contribution in [0.4, 0.5) is 0 Å². The largest absolute Gasteiger partial charge is 0.382 e. The van der Waals surface area contributed by atoms with E-state index in [9.17, 15) is 4.79 Å². The van der Waals surface area contributed by atoms with Crippen LogP contribution in [0.3, 0.4) is 0 Å². The molecule has 116 valence electrons. The molecular weight excluding hydrogens is 298 g/mol. The van der Waals surface area contributed by atoms with Gasteiger partial charge < -0.3 is 16.0 Å². The zero-order valence-corrected chi connectivity index (χ0v) is 13.1. The van der Waals surface area contributed by atoms with Crippen LogP contribution in [0.5, 0.6) is 0 Å². The summed E-state index contributed by atoms with van der Waals surface area (Å²) in [5.74, 6) is 0.0357. The van der Waals surface area contributed by atoms with Gasteiger partial charge >= 0.3 is 0 Å². The average molecular weight is 318 g/mol. The van der Waals surface area contributed by atoms with E-state index in [1.165, 1.54) is 12.8 Å². The molecule has 3 aliphatic rings. The number of halogens is 1. The Morgan fingerprint density at radius 1 is 1.05 bits per heavy atom. The van der Waals surface area contributed by atoms with Gasteiger partial charge in [0.1, 0.15) is 0 Å². The molecule has 22 heavy (non-hydrogen) atoms. The van der Waals surface area contributed by atoms with Crippen LogP contribution in [-0.2, 0) is 4.79 Å². The predicted octanol–water partition coefficient (Wildman–Crippen LogP) is 2.27. The maximum atomic E-state index is 12.3. The summed E-state index contributed by atoms with van der Waals surface area (Å²) >= 11 is 6.01. The number of carbonyl (C=O) groups excluding carboxylic acids is 1. The Labute approximate surface area is 135 Å². The zero-order chi connectivity index (χ0) is 15.1. The van der Waals surface area contributed by atoms with Gasteiger partial charge in [0.25, 0.3) is 5.91 Å². The topological polar surface area (TPSA) is 53.2 Å². The van der Waals surface area contributed by atoms with Crippen molar-refractivity contribution in [3.8, 4) is 0 Å². The Kier molecular flexibility index (Phi) is 3.59. The van der Waals surface area contributed by atoms with Gasteiger partial charge in [-0.2, -0.15) is 0 Å². The van der Waals surface area contributed by atoms with E-state index in [0.29, 0.717) is 18.6 Å². The second-order valence-electron chi connectivity index (χ2n) is 6.37. The van der Waals surface area contributed by atoms with E-state index in [2.05, 4.69) is 16.0 Å². The highest BCUT2D eigenvalue weighted by Gasteiger charge is 2.38. The first-order valence-corrected chi connectivity index (χ1v) is 8.39. The molecule has 2 aliphatic heterocycles. The van der Waals surface area contributed by atoms with Crippen molar-refractivity contribution < 1.29 is 4.79 Å². The zero-order valence-electron chi connectivity index (χ0n) is 12.4. The second-order valence-corrected chi connectivity index (χ2v) is 6.80. The van der Waals surface area contributed by atoms with Crippen molar-refractivity contribution >= 4 is 17.5 Å². The summed E-state index contributed by atoms with van der Waals surface area (Å²) in [6.45, 7) is 0.614. The van der Waals surface area contributed by atoms with E-state index in [-0.39, 0.29) is 11.9 Å². The molecule has 1 saturated carbocycles. The molecule has 0 saturated heterocycles. The van der Waals surface area contributed by atoms with Crippen molar-refractivity contribution in [1.82, 2.24) is 16.0 Å². The van der Waals surface area contributed by atoms with E-state index in [4.69, 9.17) is 11.6 Å². The summed E-state index contributed by atoms with van der Waals surface area (Å²) in [4.78, 5) is 12.3. The van der Waals surface area contributed by atoms with Gasteiger partial charge in [-0.1, -0.05) is 36.6 Å². The fourth-order valence-electron chi connectivity index (χ4n) is 3.87. The molecule has 1 aromatic carbocycles. The first-order chi connectivity index (χ1) is 10.7. The molecule has 2 heterocycles. The molecule has 0 spiro atoms. The monoisotopic (exact) mass is 317 g/mol. The summed E-state index contributed by atoms with van der Waals surface area (Å²) in [5.41, 5.74) is 3.01. The lowest BCUT2D eigenvalue weighted by Crippen LogP contribution is -2.49. The molecule has 1 fully saturated rings. The normalized spacial score (nSPS) is 31.0. The SMILES string of the molecule is O=C1NCC2=C1[C@@H](c1ccc(Cl)cc1)N[C@@H]1CCCC[C@H]1N2. The van der Waals surface area contributed by atoms with Crippen LogP contribution in [0.2, 0.25) is 5.02 Å². The van der Waals surface area contributed by atoms with Gasteiger partial charge in [-0.3, -0.25) is 4.79 Å². The van der Waals surface area contributed by atoms with Gasteiger partial charge in [-0.25, -0.2) is 0 Å². The smallest absolute Gasteiger partial charge is 0.251 e. The van der Waals surface area contributed by atoms with Gasteiger partial charge in [0.2, 0.25) is 0 Å². The lowest BCUT2D eigenvalue weighted by molar-refractivity contribution is -0.117. The van der Waals surface area contributed by atoms with Crippen LogP contribution in [0.15, 0.2) is 35.5 Å². The highest BCUT2D eigenvalue weighted by Crippen LogP contribution is 2.33. The number of fused-ring (bicyclic) bond motifs is 1. The minimum atomic E-state index is -0.0598.